The van der Waals surface area contributed by atoms with Crippen LogP contribution in [0.4, 0.5) is 0 Å². The number of hydrogen-bond acceptors (Lipinski definition) is 1. The molecule has 86 valence electrons. The largest absolute Gasteiger partial charge is 0.304 e. The molecule has 0 rings (SSSR count). The topological polar surface area (TPSA) is 3.24 Å². The maximum atomic E-state index is 2.48. The molecular weight excluding hydrogens is 170 g/mol. The zero-order valence-corrected chi connectivity index (χ0v) is 10.8. The van der Waals surface area contributed by atoms with E-state index in [9.17, 15) is 0 Å². The van der Waals surface area contributed by atoms with Crippen molar-refractivity contribution in [3.05, 3.63) is 0 Å². The molecule has 0 N–H and O–H groups in total. The van der Waals surface area contributed by atoms with Crippen LogP contribution in [0.5, 0.6) is 0 Å². The molecule has 1 nitrogen and oxygen atoms in total. The van der Waals surface area contributed by atoms with Crippen LogP contribution in [-0.2, 0) is 0 Å². The number of rotatable bonds is 8. The minimum absolute atomic E-state index is 0.759. The molecule has 0 spiro atoms. The van der Waals surface area contributed by atoms with Crippen molar-refractivity contribution in [1.29, 1.82) is 0 Å². The lowest BCUT2D eigenvalue weighted by atomic mass is 9.97. The third kappa shape index (κ3) is 6.42. The molecule has 0 aliphatic carbocycles. The average Bonchev–Trinajstić information content (AvgIpc) is 2.15. The minimum atomic E-state index is 0.759. The van der Waals surface area contributed by atoms with Gasteiger partial charge >= 0.3 is 0 Å². The third-order valence-corrected chi connectivity index (χ3v) is 3.19. The lowest BCUT2D eigenvalue weighted by Crippen LogP contribution is -2.30. The fourth-order valence-corrected chi connectivity index (χ4v) is 1.96. The van der Waals surface area contributed by atoms with Gasteiger partial charge in [-0.2, -0.15) is 0 Å². The molecule has 0 aromatic heterocycles. The van der Waals surface area contributed by atoms with E-state index in [1.165, 1.54) is 38.6 Å². The van der Waals surface area contributed by atoms with Crippen LogP contribution in [0, 0.1) is 5.92 Å². The lowest BCUT2D eigenvalue weighted by molar-refractivity contribution is 0.233. The predicted octanol–water partition coefficient (Wildman–Crippen LogP) is 3.93. The maximum absolute atomic E-state index is 2.48. The van der Waals surface area contributed by atoms with Crippen molar-refractivity contribution >= 4 is 0 Å². The van der Waals surface area contributed by atoms with E-state index in [0.717, 1.165) is 12.0 Å². The van der Waals surface area contributed by atoms with Gasteiger partial charge in [-0.15, -0.1) is 0 Å². The van der Waals surface area contributed by atoms with Gasteiger partial charge in [-0.3, -0.25) is 0 Å². The van der Waals surface area contributed by atoms with E-state index in [0.29, 0.717) is 0 Å². The summed E-state index contributed by atoms with van der Waals surface area (Å²) >= 11 is 0. The molecular formula is C13H29N. The van der Waals surface area contributed by atoms with E-state index >= 15 is 0 Å². The Balaban J connectivity index is 3.56. The first-order chi connectivity index (χ1) is 6.61. The molecule has 0 aromatic carbocycles. The fourth-order valence-electron chi connectivity index (χ4n) is 1.96. The molecule has 0 saturated carbocycles. The first kappa shape index (κ1) is 14.0. The molecule has 14 heavy (non-hydrogen) atoms. The van der Waals surface area contributed by atoms with E-state index in [-0.39, 0.29) is 0 Å². The molecule has 0 bridgehead atoms. The smallest absolute Gasteiger partial charge is 0.00639 e. The van der Waals surface area contributed by atoms with Gasteiger partial charge in [0.1, 0.15) is 0 Å². The van der Waals surface area contributed by atoms with Gasteiger partial charge in [0.2, 0.25) is 0 Å². The van der Waals surface area contributed by atoms with Gasteiger partial charge < -0.3 is 4.90 Å². The van der Waals surface area contributed by atoms with Gasteiger partial charge in [0.15, 0.2) is 0 Å². The average molecular weight is 199 g/mol. The third-order valence-electron chi connectivity index (χ3n) is 3.19. The van der Waals surface area contributed by atoms with Crippen LogP contribution in [0.2, 0.25) is 0 Å². The first-order valence-electron chi connectivity index (χ1n) is 6.32. The van der Waals surface area contributed by atoms with Crippen molar-refractivity contribution in [1.82, 2.24) is 4.90 Å². The summed E-state index contributed by atoms with van der Waals surface area (Å²) in [5.74, 6) is 0.914. The Kier molecular flexibility index (Phi) is 8.26. The van der Waals surface area contributed by atoms with Crippen molar-refractivity contribution < 1.29 is 0 Å². The fraction of sp³-hybridized carbons (Fsp3) is 1.00. The van der Waals surface area contributed by atoms with Crippen LogP contribution in [0.3, 0.4) is 0 Å². The van der Waals surface area contributed by atoms with Gasteiger partial charge in [-0.25, -0.2) is 0 Å². The molecule has 0 aromatic rings. The summed E-state index contributed by atoms with van der Waals surface area (Å²) in [6, 6.07) is 0.759. The second-order valence-corrected chi connectivity index (χ2v) is 4.80. The second kappa shape index (κ2) is 8.28. The van der Waals surface area contributed by atoms with Gasteiger partial charge in [0.25, 0.3) is 0 Å². The second-order valence-electron chi connectivity index (χ2n) is 4.80. The van der Waals surface area contributed by atoms with E-state index in [4.69, 9.17) is 0 Å². The van der Waals surface area contributed by atoms with Crippen molar-refractivity contribution in [2.75, 3.05) is 13.6 Å². The van der Waals surface area contributed by atoms with Gasteiger partial charge in [-0.1, -0.05) is 33.6 Å². The molecule has 0 amide bonds. The van der Waals surface area contributed by atoms with Crippen molar-refractivity contribution in [3.8, 4) is 0 Å². The van der Waals surface area contributed by atoms with Crippen LogP contribution >= 0.6 is 0 Å². The van der Waals surface area contributed by atoms with Crippen molar-refractivity contribution in [3.63, 3.8) is 0 Å². The van der Waals surface area contributed by atoms with Crippen LogP contribution in [0.15, 0.2) is 0 Å². The number of nitrogens with zero attached hydrogens (tertiary/aromatic N) is 1. The highest BCUT2D eigenvalue weighted by Gasteiger charge is 2.09. The highest BCUT2D eigenvalue weighted by atomic mass is 15.1. The molecule has 2 atom stereocenters. The molecule has 1 heteroatoms. The Morgan fingerprint density at radius 2 is 1.57 bits per heavy atom. The van der Waals surface area contributed by atoms with E-state index in [1.54, 1.807) is 0 Å². The molecule has 0 aliphatic heterocycles. The van der Waals surface area contributed by atoms with Gasteiger partial charge in [-0.05, 0) is 45.7 Å². The van der Waals surface area contributed by atoms with E-state index in [1.807, 2.05) is 0 Å². The van der Waals surface area contributed by atoms with Crippen LogP contribution < -0.4 is 0 Å². The molecule has 0 unspecified atom stereocenters. The Morgan fingerprint density at radius 3 is 2.07 bits per heavy atom. The Hall–Kier alpha value is -0.0400. The zero-order chi connectivity index (χ0) is 11.0. The summed E-state index contributed by atoms with van der Waals surface area (Å²) in [6.07, 6.45) is 6.75. The summed E-state index contributed by atoms with van der Waals surface area (Å²) in [7, 11) is 2.25. The van der Waals surface area contributed by atoms with Gasteiger partial charge in [0, 0.05) is 6.04 Å². The Labute approximate surface area is 90.9 Å². The van der Waals surface area contributed by atoms with Crippen molar-refractivity contribution in [2.45, 2.75) is 65.8 Å². The standard InChI is InChI=1S/C13H29N/c1-6-8-12(3)9-10-13(4)14(5)11-7-2/h12-13H,6-11H2,1-5H3/t12-,13-/m1/s1. The van der Waals surface area contributed by atoms with Crippen LogP contribution in [0.25, 0.3) is 0 Å². The highest BCUT2D eigenvalue weighted by Crippen LogP contribution is 2.15. The molecule has 0 aliphatic rings. The summed E-state index contributed by atoms with van der Waals surface area (Å²) in [5, 5.41) is 0. The summed E-state index contributed by atoms with van der Waals surface area (Å²) in [5.41, 5.74) is 0. The van der Waals surface area contributed by atoms with Crippen LogP contribution in [-0.4, -0.2) is 24.5 Å². The predicted molar refractivity (Wildman–Crippen MR) is 65.7 cm³/mol. The maximum Gasteiger partial charge on any atom is 0.00639 e. The normalized spacial score (nSPS) is 15.9. The van der Waals surface area contributed by atoms with Gasteiger partial charge in [0.05, 0.1) is 0 Å². The molecule has 0 radical (unpaired) electrons. The zero-order valence-electron chi connectivity index (χ0n) is 10.8. The van der Waals surface area contributed by atoms with E-state index < -0.39 is 0 Å². The Bertz CT molecular complexity index is 122. The quantitative estimate of drug-likeness (QED) is 0.572. The summed E-state index contributed by atoms with van der Waals surface area (Å²) in [6.45, 7) is 10.5. The molecule has 0 heterocycles. The van der Waals surface area contributed by atoms with Crippen molar-refractivity contribution in [2.24, 2.45) is 5.92 Å². The first-order valence-corrected chi connectivity index (χ1v) is 6.32. The summed E-state index contributed by atoms with van der Waals surface area (Å²) < 4.78 is 0. The molecule has 0 fully saturated rings. The molecule has 0 saturated heterocycles. The van der Waals surface area contributed by atoms with Crippen LogP contribution in [0.1, 0.15) is 59.8 Å². The van der Waals surface area contributed by atoms with E-state index in [2.05, 4.69) is 39.6 Å². The monoisotopic (exact) mass is 199 g/mol. The summed E-state index contributed by atoms with van der Waals surface area (Å²) in [4.78, 5) is 2.48. The SMILES string of the molecule is CCC[C@@H](C)CC[C@@H](C)N(C)CCC. The number of hydrogen-bond donors (Lipinski definition) is 0. The highest BCUT2D eigenvalue weighted by molar-refractivity contribution is 4.64. The lowest BCUT2D eigenvalue weighted by Gasteiger charge is -2.25. The Morgan fingerprint density at radius 1 is 0.929 bits per heavy atom. The minimum Gasteiger partial charge on any atom is -0.304 e.